The Kier molecular flexibility index (Phi) is 6.66. The van der Waals surface area contributed by atoms with Crippen molar-refractivity contribution >= 4 is 22.5 Å². The van der Waals surface area contributed by atoms with Crippen LogP contribution in [0.25, 0.3) is 27.7 Å². The summed E-state index contributed by atoms with van der Waals surface area (Å²) in [6, 6.07) is 6.78. The molecule has 4 heterocycles. The van der Waals surface area contributed by atoms with Gasteiger partial charge in [-0.15, -0.1) is 10.2 Å². The van der Waals surface area contributed by atoms with Crippen LogP contribution in [0.4, 0.5) is 13.2 Å². The molecule has 0 saturated heterocycles. The summed E-state index contributed by atoms with van der Waals surface area (Å²) < 4.78 is 42.0. The molecule has 5 rings (SSSR count). The van der Waals surface area contributed by atoms with E-state index in [0.29, 0.717) is 45.3 Å². The lowest BCUT2D eigenvalue weighted by atomic mass is 10.1. The second kappa shape index (κ2) is 10.1. The third-order valence-corrected chi connectivity index (χ3v) is 6.03. The summed E-state index contributed by atoms with van der Waals surface area (Å²) in [5.41, 5.74) is 3.18. The lowest BCUT2D eigenvalue weighted by Crippen LogP contribution is -2.23. The van der Waals surface area contributed by atoms with Crippen LogP contribution in [0.1, 0.15) is 42.1 Å². The Labute approximate surface area is 216 Å². The maximum Gasteiger partial charge on any atom is 0.406 e. The highest BCUT2D eigenvalue weighted by molar-refractivity contribution is 5.95. The first kappa shape index (κ1) is 25.1. The van der Waals surface area contributed by atoms with E-state index >= 15 is 0 Å². The Morgan fingerprint density at radius 2 is 2.03 bits per heavy atom. The molecule has 1 amide bonds. The van der Waals surface area contributed by atoms with Crippen LogP contribution in [0, 0.1) is 0 Å². The van der Waals surface area contributed by atoms with Gasteiger partial charge in [-0.25, -0.2) is 0 Å². The van der Waals surface area contributed by atoms with Crippen molar-refractivity contribution in [3.05, 3.63) is 91.2 Å². The van der Waals surface area contributed by atoms with Crippen molar-refractivity contribution in [1.29, 1.82) is 0 Å². The van der Waals surface area contributed by atoms with E-state index in [9.17, 15) is 18.0 Å². The average Bonchev–Trinajstić information content (AvgIpc) is 3.47. The van der Waals surface area contributed by atoms with Gasteiger partial charge in [0.05, 0.1) is 11.0 Å². The number of carbonyl (C=O) groups excluding carboxylic acids is 1. The maximum atomic E-state index is 13.1. The highest BCUT2D eigenvalue weighted by atomic mass is 19.4. The Balaban J connectivity index is 1.38. The van der Waals surface area contributed by atoms with Gasteiger partial charge in [-0.05, 0) is 61.7 Å². The van der Waals surface area contributed by atoms with Crippen LogP contribution in [0.2, 0.25) is 0 Å². The smallest absolute Gasteiger partial charge is 0.337 e. The average molecular weight is 520 g/mol. The number of fused-ring (bicyclic) bond motifs is 1. The summed E-state index contributed by atoms with van der Waals surface area (Å²) in [4.78, 5) is 21.6. The Morgan fingerprint density at radius 1 is 1.21 bits per heavy atom. The molecule has 0 radical (unpaired) electrons. The fourth-order valence-corrected chi connectivity index (χ4v) is 4.13. The van der Waals surface area contributed by atoms with Gasteiger partial charge in [-0.1, -0.05) is 12.7 Å². The number of nitrogens with one attached hydrogen (secondary N) is 1. The molecule has 8 nitrogen and oxygen atoms in total. The van der Waals surface area contributed by atoms with E-state index in [0.717, 1.165) is 17.4 Å². The number of carbonyl (C=O) groups is 1. The molecular weight excluding hydrogens is 495 g/mol. The van der Waals surface area contributed by atoms with Gasteiger partial charge in [-0.3, -0.25) is 14.8 Å². The van der Waals surface area contributed by atoms with Gasteiger partial charge in [-0.2, -0.15) is 13.2 Å². The molecule has 1 N–H and O–H groups in total. The minimum absolute atomic E-state index is 0.135. The zero-order valence-corrected chi connectivity index (χ0v) is 20.5. The van der Waals surface area contributed by atoms with Gasteiger partial charge < -0.3 is 14.5 Å². The molecule has 1 saturated carbocycles. The van der Waals surface area contributed by atoms with E-state index in [1.807, 2.05) is 11.5 Å². The second-order valence-corrected chi connectivity index (χ2v) is 8.99. The first-order valence-electron chi connectivity index (χ1n) is 11.9. The Bertz CT molecular complexity index is 1570. The van der Waals surface area contributed by atoms with Crippen molar-refractivity contribution < 1.29 is 18.0 Å². The van der Waals surface area contributed by atoms with Crippen LogP contribution >= 0.6 is 0 Å². The molecule has 4 aromatic rings. The number of rotatable bonds is 8. The fraction of sp³-hybridized carbons (Fsp3) is 0.222. The topological polar surface area (TPSA) is 90.5 Å². The fourth-order valence-electron chi connectivity index (χ4n) is 4.13. The summed E-state index contributed by atoms with van der Waals surface area (Å²) in [7, 11) is 0. The van der Waals surface area contributed by atoms with E-state index in [-0.39, 0.29) is 5.69 Å². The molecule has 0 unspecified atom stereocenters. The monoisotopic (exact) mass is 519 g/mol. The molecule has 1 aliphatic carbocycles. The molecule has 4 aromatic heterocycles. The summed E-state index contributed by atoms with van der Waals surface area (Å²) >= 11 is 0. The van der Waals surface area contributed by atoms with E-state index in [1.165, 1.54) is 18.5 Å². The number of amides is 1. The lowest BCUT2D eigenvalue weighted by molar-refractivity contribution is -0.139. The number of halogens is 3. The molecule has 0 atom stereocenters. The van der Waals surface area contributed by atoms with Crippen LogP contribution in [-0.2, 0) is 6.54 Å². The quantitative estimate of drug-likeness (QED) is 0.311. The van der Waals surface area contributed by atoms with Gasteiger partial charge in [0.2, 0.25) is 0 Å². The first-order chi connectivity index (χ1) is 18.2. The van der Waals surface area contributed by atoms with Crippen LogP contribution in [0.3, 0.4) is 0 Å². The maximum absolute atomic E-state index is 13.1. The van der Waals surface area contributed by atoms with Gasteiger partial charge in [0.15, 0.2) is 5.82 Å². The summed E-state index contributed by atoms with van der Waals surface area (Å²) in [6.45, 7) is 4.80. The third kappa shape index (κ3) is 5.56. The second-order valence-electron chi connectivity index (χ2n) is 8.99. The zero-order valence-electron chi connectivity index (χ0n) is 20.5. The predicted molar refractivity (Wildman–Crippen MR) is 137 cm³/mol. The number of alkyl halides is 3. The first-order valence-corrected chi connectivity index (χ1v) is 11.9. The summed E-state index contributed by atoms with van der Waals surface area (Å²) in [5.74, 6) is 0.184. The number of hydrogen-bond acceptors (Lipinski definition) is 5. The van der Waals surface area contributed by atoms with E-state index in [2.05, 4.69) is 32.1 Å². The number of allylic oxidation sites excluding steroid dienone is 4. The number of aromatic nitrogens is 6. The van der Waals surface area contributed by atoms with Crippen LogP contribution in [0.5, 0.6) is 0 Å². The molecule has 0 aromatic carbocycles. The minimum Gasteiger partial charge on any atom is -0.337 e. The van der Waals surface area contributed by atoms with Gasteiger partial charge in [0, 0.05) is 41.5 Å². The van der Waals surface area contributed by atoms with Crippen LogP contribution in [0.15, 0.2) is 79.7 Å². The lowest BCUT2D eigenvalue weighted by Gasteiger charge is -2.10. The normalized spacial score (nSPS) is 14.4. The SMILES string of the molecule is C=C(C=C(C=CC)NC(=O)c1cc(-c2cnc3ccn(CC(F)(F)F)c3c2)ccn1)c1nncn1C1CC1. The predicted octanol–water partition coefficient (Wildman–Crippen LogP) is 5.49. The minimum atomic E-state index is -4.36. The van der Waals surface area contributed by atoms with Crippen molar-refractivity contribution in [3.63, 3.8) is 0 Å². The highest BCUT2D eigenvalue weighted by Crippen LogP contribution is 2.36. The number of hydrogen-bond donors (Lipinski definition) is 1. The van der Waals surface area contributed by atoms with Crippen molar-refractivity contribution in [1.82, 2.24) is 34.6 Å². The van der Waals surface area contributed by atoms with E-state index in [1.54, 1.807) is 49.0 Å². The van der Waals surface area contributed by atoms with E-state index in [4.69, 9.17) is 0 Å². The van der Waals surface area contributed by atoms with Gasteiger partial charge in [0.1, 0.15) is 18.6 Å². The van der Waals surface area contributed by atoms with Gasteiger partial charge >= 0.3 is 6.18 Å². The molecular formula is C27H24F3N7O. The Morgan fingerprint density at radius 3 is 2.76 bits per heavy atom. The van der Waals surface area contributed by atoms with Crippen molar-refractivity contribution in [2.45, 2.75) is 38.5 Å². The summed E-state index contributed by atoms with van der Waals surface area (Å²) in [6.07, 6.45) is 9.08. The van der Waals surface area contributed by atoms with Crippen LogP contribution < -0.4 is 5.32 Å². The molecule has 11 heteroatoms. The zero-order chi connectivity index (χ0) is 26.9. The molecule has 0 spiro atoms. The molecule has 0 bridgehead atoms. The van der Waals surface area contributed by atoms with E-state index < -0.39 is 18.6 Å². The third-order valence-electron chi connectivity index (χ3n) is 6.03. The van der Waals surface area contributed by atoms with Crippen molar-refractivity contribution in [2.24, 2.45) is 0 Å². The molecule has 194 valence electrons. The molecule has 0 aliphatic heterocycles. The number of nitrogens with zero attached hydrogens (tertiary/aromatic N) is 6. The Hall–Kier alpha value is -4.54. The van der Waals surface area contributed by atoms with Crippen molar-refractivity contribution in [3.8, 4) is 11.1 Å². The number of pyridine rings is 2. The molecule has 1 fully saturated rings. The van der Waals surface area contributed by atoms with Crippen LogP contribution in [-0.4, -0.2) is 41.4 Å². The standard InChI is InChI=1S/C27H24F3N7O/c1-3-4-20(11-17(2)25-35-33-16-37(25)21-5-6-21)34-26(38)23-12-18(7-9-31-23)19-13-24-22(32-14-19)8-10-36(24)15-27(28,29)30/h3-4,7-14,16,21H,2,5-6,15H2,1H3,(H,34,38). The van der Waals surface area contributed by atoms with Gasteiger partial charge in [0.25, 0.3) is 5.91 Å². The molecule has 38 heavy (non-hydrogen) atoms. The molecule has 1 aliphatic rings. The highest BCUT2D eigenvalue weighted by Gasteiger charge is 2.28. The largest absolute Gasteiger partial charge is 0.406 e. The summed E-state index contributed by atoms with van der Waals surface area (Å²) in [5, 5.41) is 11.0. The van der Waals surface area contributed by atoms with Crippen molar-refractivity contribution in [2.75, 3.05) is 0 Å².